The van der Waals surface area contributed by atoms with E-state index in [1.54, 1.807) is 182 Å². The van der Waals surface area contributed by atoms with Gasteiger partial charge in [0, 0.05) is 92.0 Å². The molecule has 0 fully saturated rings. The summed E-state index contributed by atoms with van der Waals surface area (Å²) in [7, 11) is 3.02. The van der Waals surface area contributed by atoms with Gasteiger partial charge in [0.2, 0.25) is 23.1 Å². The fourth-order valence-electron chi connectivity index (χ4n) is 13.8. The van der Waals surface area contributed by atoms with Crippen molar-refractivity contribution >= 4 is 108 Å². The lowest BCUT2D eigenvalue weighted by atomic mass is 9.84. The zero-order valence-electron chi connectivity index (χ0n) is 68.0. The Labute approximate surface area is 734 Å². The summed E-state index contributed by atoms with van der Waals surface area (Å²) >= 11 is 3.30. The number of Topliss-reactive ketones (excluding diaryl/α,β-unsaturated/α-hetero) is 8. The van der Waals surface area contributed by atoms with Gasteiger partial charge in [0.05, 0.1) is 36.5 Å². The number of fused-ring (bicyclic) bond motifs is 4. The number of amides is 4. The van der Waals surface area contributed by atoms with Gasteiger partial charge in [-0.15, -0.1) is 0 Å². The molecule has 0 radical (unpaired) electrons. The van der Waals surface area contributed by atoms with E-state index in [9.17, 15) is 83.9 Å². The maximum Gasteiger partial charge on any atom is 0.394 e. The summed E-state index contributed by atoms with van der Waals surface area (Å²) in [5.74, 6) is -5.11. The summed E-state index contributed by atoms with van der Waals surface area (Å²) < 4.78 is 104. The fraction of sp³-hybridized carbons (Fsp3) is 0.0800. The van der Waals surface area contributed by atoms with Gasteiger partial charge in [0.25, 0.3) is 23.6 Å². The number of ketones is 8. The quantitative estimate of drug-likeness (QED) is 0.0515. The minimum atomic E-state index is -3.38. The Kier molecular flexibility index (Phi) is 26.9. The minimum absolute atomic E-state index is 0.0206. The van der Waals surface area contributed by atoms with Gasteiger partial charge < -0.3 is 45.0 Å². The smallest absolute Gasteiger partial charge is 0.394 e. The van der Waals surface area contributed by atoms with E-state index in [0.717, 1.165) is 4.47 Å². The molecule has 0 aliphatic heterocycles. The highest BCUT2D eigenvalue weighted by atomic mass is 79.9. The molecule has 12 aromatic carbocycles. The molecular weight excluding hydrogens is 1720 g/mol. The first kappa shape index (κ1) is 89.7. The summed E-state index contributed by atoms with van der Waals surface area (Å²) in [6.07, 6.45) is -10.1. The lowest BCUT2D eigenvalue weighted by Gasteiger charge is -2.22. The van der Waals surface area contributed by atoms with E-state index in [1.165, 1.54) is 136 Å². The molecule has 0 heterocycles. The molecule has 4 aliphatic rings. The average molecular weight is 1790 g/mol. The van der Waals surface area contributed by atoms with Crippen LogP contribution in [0.2, 0.25) is 0 Å². The van der Waals surface area contributed by atoms with E-state index in [0.29, 0.717) is 54.5 Å². The van der Waals surface area contributed by atoms with Crippen molar-refractivity contribution in [3.05, 3.63) is 420 Å². The first-order valence-electron chi connectivity index (χ1n) is 38.8. The highest BCUT2D eigenvalue weighted by Gasteiger charge is 2.40. The second-order valence-corrected chi connectivity index (χ2v) is 29.5. The number of hydrogen-bond donors (Lipinski definition) is 4. The van der Waals surface area contributed by atoms with Crippen LogP contribution >= 0.6 is 15.9 Å². The van der Waals surface area contributed by atoms with Crippen molar-refractivity contribution < 1.29 is 108 Å². The van der Waals surface area contributed by atoms with Crippen LogP contribution in [0.1, 0.15) is 167 Å². The van der Waals surface area contributed by atoms with Crippen LogP contribution in [0.5, 0.6) is 28.7 Å². The molecular formula is C100H69BrF6N4O17. The molecule has 0 aromatic heterocycles. The molecule has 128 heavy (non-hydrogen) atoms. The normalized spacial score (nSPS) is 13.4. The van der Waals surface area contributed by atoms with Crippen LogP contribution in [0.25, 0.3) is 22.3 Å². The molecule has 0 spiro atoms. The van der Waals surface area contributed by atoms with Crippen LogP contribution in [0.15, 0.2) is 331 Å². The van der Waals surface area contributed by atoms with Crippen LogP contribution in [0, 0.1) is 0 Å². The maximum absolute atomic E-state index is 13.4. The summed E-state index contributed by atoms with van der Waals surface area (Å²) in [5.41, 5.74) is 3.73. The minimum Gasteiger partial charge on any atom is -0.497 e. The second-order valence-electron chi connectivity index (χ2n) is 28.6. The largest absolute Gasteiger partial charge is 0.497 e. The predicted molar refractivity (Wildman–Crippen MR) is 464 cm³/mol. The topological polar surface area (TPSA) is 299 Å². The Balaban J connectivity index is 0.000000146. The Bertz CT molecular complexity index is 6600. The summed E-state index contributed by atoms with van der Waals surface area (Å²) in [4.78, 5) is 158. The average Bonchev–Trinajstić information content (AvgIpc) is 0.770. The molecule has 0 saturated heterocycles. The molecule has 28 heteroatoms. The van der Waals surface area contributed by atoms with E-state index >= 15 is 0 Å². The van der Waals surface area contributed by atoms with Crippen molar-refractivity contribution in [2.45, 2.75) is 39.1 Å². The molecule has 0 unspecified atom stereocenters. The highest BCUT2D eigenvalue weighted by Crippen LogP contribution is 2.39. The van der Waals surface area contributed by atoms with Crippen molar-refractivity contribution in [2.75, 3.05) is 14.2 Å². The van der Waals surface area contributed by atoms with Gasteiger partial charge in [-0.1, -0.05) is 198 Å². The molecule has 12 aromatic rings. The van der Waals surface area contributed by atoms with Crippen molar-refractivity contribution in [1.29, 1.82) is 0 Å². The molecule has 0 atom stereocenters. The number of carbonyl (C=O) groups is 12. The van der Waals surface area contributed by atoms with Gasteiger partial charge in [-0.25, -0.2) is 0 Å². The van der Waals surface area contributed by atoms with Crippen LogP contribution in [-0.2, 0) is 0 Å². The van der Waals surface area contributed by atoms with E-state index in [2.05, 4.69) is 51.4 Å². The van der Waals surface area contributed by atoms with Crippen LogP contribution in [-0.4, -0.2) is 102 Å². The number of methoxy groups -OCH3 is 2. The summed E-state index contributed by atoms with van der Waals surface area (Å²) in [6.45, 7) is 1.83. The van der Waals surface area contributed by atoms with Gasteiger partial charge in [-0.2, -0.15) is 26.3 Å². The number of carbonyl (C=O) groups excluding carboxylic acids is 12. The molecule has 21 nitrogen and oxygen atoms in total. The van der Waals surface area contributed by atoms with Crippen LogP contribution < -0.4 is 45.0 Å². The molecule has 0 saturated carbocycles. The zero-order chi connectivity index (χ0) is 91.5. The molecule has 640 valence electrons. The molecule has 4 amide bonds. The van der Waals surface area contributed by atoms with Crippen LogP contribution in [0.3, 0.4) is 0 Å². The van der Waals surface area contributed by atoms with Gasteiger partial charge in [0.15, 0.2) is 23.1 Å². The molecule has 4 N–H and O–H groups in total. The van der Waals surface area contributed by atoms with Gasteiger partial charge >= 0.3 is 18.3 Å². The lowest BCUT2D eigenvalue weighted by Crippen LogP contribution is -2.33. The number of nitrogens with one attached hydrogen (secondary N) is 4. The lowest BCUT2D eigenvalue weighted by molar-refractivity contribution is -0.159. The molecule has 0 bridgehead atoms. The summed E-state index contributed by atoms with van der Waals surface area (Å²) in [6, 6.07) is 77.8. The van der Waals surface area contributed by atoms with E-state index in [1.807, 2.05) is 0 Å². The maximum atomic E-state index is 13.4. The van der Waals surface area contributed by atoms with Crippen LogP contribution in [0.4, 0.5) is 26.3 Å². The van der Waals surface area contributed by atoms with Crippen molar-refractivity contribution in [2.24, 2.45) is 0 Å². The Hall–Kier alpha value is -16.1. The predicted octanol–water partition coefficient (Wildman–Crippen LogP) is 19.4. The first-order valence-corrected chi connectivity index (χ1v) is 39.6. The van der Waals surface area contributed by atoms with E-state index in [4.69, 9.17) is 9.47 Å². The standard InChI is InChI=1S/C26H19F2NO5.C25H16BrF2NO4.C25H17F2NO4.C24H17NO4/c1-26(27,28)34-18-13-7-15(8-14-18)21-22(24(31)20-6-4-3-5-19(20)23(21)30)29-25(32)16-9-11-17(33-2)12-10-16;1-25(27,28)33-17-12-8-14(9-13-17)20-21(29-24(32)15-6-10-16(26)11-7-15)23(31)19-5-3-2-4-18(19)22(20)30;1-25(26,27)32-17-13-11-15(12-14-17)20-21(28-24(31)16-7-3-2-4-8-16)23(30)19-10-6-5-9-18(19)22(20)29;1-29-17-11-7-10-16(14-17)20-21(25-24(28)15-8-3-2-4-9-15)23(27)19-13-6-5-12-18(19)22(20)26/h3-14H,1-2H3,(H,29,32);2-13H,1H3,(H,29,32);2-14H,1H3,(H,28,31);2-14H,1H3,(H,25,28). The van der Waals surface area contributed by atoms with Crippen molar-refractivity contribution in [1.82, 2.24) is 21.3 Å². The van der Waals surface area contributed by atoms with Gasteiger partial charge in [-0.05, 0) is 144 Å². The number of rotatable bonds is 20. The third kappa shape index (κ3) is 20.7. The van der Waals surface area contributed by atoms with Gasteiger partial charge in [-0.3, -0.25) is 57.5 Å². The summed E-state index contributed by atoms with van der Waals surface area (Å²) in [5, 5.41) is 10.4. The SMILES string of the molecule is CC(F)(F)Oc1ccc(C2=C(NC(=O)c3ccc(Br)cc3)C(=O)c3ccccc3C2=O)cc1.CC(F)(F)Oc1ccc(C2=C(NC(=O)c3ccccc3)C(=O)c3ccccc3C2=O)cc1.COc1ccc(C(=O)NC2=C(c3ccc(OC(C)(F)F)cc3)C(=O)c3ccccc3C2=O)cc1.COc1cccc(C2=C(NC(=O)c3ccccc3)C(=O)c3ccccc3C2=O)c1. The van der Waals surface area contributed by atoms with E-state index < -0.39 is 82.4 Å². The zero-order valence-corrected chi connectivity index (χ0v) is 69.5. The number of hydrogen-bond acceptors (Lipinski definition) is 17. The highest BCUT2D eigenvalue weighted by molar-refractivity contribution is 9.10. The fourth-order valence-corrected chi connectivity index (χ4v) is 14.1. The third-order valence-electron chi connectivity index (χ3n) is 19.6. The first-order chi connectivity index (χ1) is 61.2. The monoisotopic (exact) mass is 1790 g/mol. The Morgan fingerprint density at radius 3 is 0.734 bits per heavy atom. The van der Waals surface area contributed by atoms with E-state index in [-0.39, 0.29) is 135 Å². The van der Waals surface area contributed by atoms with Gasteiger partial charge in [0.1, 0.15) is 51.5 Å². The third-order valence-corrected chi connectivity index (χ3v) is 20.2. The number of alkyl halides is 6. The number of ether oxygens (including phenoxy) is 5. The van der Waals surface area contributed by atoms with Crippen molar-refractivity contribution in [3.8, 4) is 28.7 Å². The number of halogens is 7. The Morgan fingerprint density at radius 2 is 0.477 bits per heavy atom. The molecule has 4 aliphatic carbocycles. The van der Waals surface area contributed by atoms with Crippen molar-refractivity contribution in [3.63, 3.8) is 0 Å². The molecule has 16 rings (SSSR count). The number of allylic oxidation sites excluding steroid dienone is 8. The Morgan fingerprint density at radius 1 is 0.250 bits per heavy atom. The number of benzene rings is 12. The second kappa shape index (κ2) is 38.3.